The molecule has 0 atom stereocenters. The maximum absolute atomic E-state index is 4.69. The molecule has 5 heteroatoms. The monoisotopic (exact) mass is 233 g/mol. The zero-order valence-electron chi connectivity index (χ0n) is 10.3. The number of nitrogens with zero attached hydrogens (tertiary/aromatic N) is 4. The molecular weight excluding hydrogens is 214 g/mol. The van der Waals surface area contributed by atoms with Gasteiger partial charge in [0.15, 0.2) is 0 Å². The third-order valence-corrected chi connectivity index (χ3v) is 3.41. The predicted octanol–water partition coefficient (Wildman–Crippen LogP) is 0.405. The number of rotatable bonds is 2. The first-order valence-corrected chi connectivity index (χ1v) is 6.39. The second kappa shape index (κ2) is 4.49. The molecule has 2 fully saturated rings. The van der Waals surface area contributed by atoms with Crippen LogP contribution in [0.5, 0.6) is 0 Å². The van der Waals surface area contributed by atoms with Crippen LogP contribution in [0.15, 0.2) is 6.07 Å². The van der Waals surface area contributed by atoms with E-state index in [1.165, 1.54) is 6.42 Å². The van der Waals surface area contributed by atoms with E-state index in [9.17, 15) is 0 Å². The molecule has 0 aliphatic carbocycles. The van der Waals surface area contributed by atoms with Crippen molar-refractivity contribution < 1.29 is 0 Å². The molecule has 0 aromatic carbocycles. The van der Waals surface area contributed by atoms with Gasteiger partial charge in [0, 0.05) is 51.0 Å². The summed E-state index contributed by atoms with van der Waals surface area (Å²) in [4.78, 5) is 13.8. The summed E-state index contributed by atoms with van der Waals surface area (Å²) in [5, 5.41) is 3.35. The van der Waals surface area contributed by atoms with E-state index >= 15 is 0 Å². The Morgan fingerprint density at radius 2 is 1.82 bits per heavy atom. The summed E-state index contributed by atoms with van der Waals surface area (Å²) in [7, 11) is 0. The van der Waals surface area contributed by atoms with E-state index in [2.05, 4.69) is 33.1 Å². The highest BCUT2D eigenvalue weighted by Crippen LogP contribution is 2.21. The summed E-state index contributed by atoms with van der Waals surface area (Å²) in [6.07, 6.45) is 1.28. The van der Waals surface area contributed by atoms with Crippen LogP contribution in [0.2, 0.25) is 0 Å². The Kier molecular flexibility index (Phi) is 2.84. The van der Waals surface area contributed by atoms with Gasteiger partial charge in [0.1, 0.15) is 5.82 Å². The number of aryl methyl sites for hydroxylation is 1. The van der Waals surface area contributed by atoms with E-state index in [-0.39, 0.29) is 0 Å². The number of hydrogen-bond donors (Lipinski definition) is 1. The average molecular weight is 233 g/mol. The van der Waals surface area contributed by atoms with Crippen LogP contribution in [0.4, 0.5) is 11.8 Å². The van der Waals surface area contributed by atoms with Gasteiger partial charge in [-0.15, -0.1) is 0 Å². The molecular formula is C12H19N5. The van der Waals surface area contributed by atoms with Gasteiger partial charge in [-0.2, -0.15) is 4.98 Å². The SMILES string of the molecule is Cc1cc(N2CCC2)nc(N2CCNCC2)n1. The van der Waals surface area contributed by atoms with E-state index in [0.29, 0.717) is 0 Å². The molecule has 1 N–H and O–H groups in total. The fourth-order valence-corrected chi connectivity index (χ4v) is 2.25. The zero-order chi connectivity index (χ0) is 11.7. The summed E-state index contributed by atoms with van der Waals surface area (Å²) in [5.74, 6) is 1.99. The minimum absolute atomic E-state index is 0.897. The van der Waals surface area contributed by atoms with Crippen LogP contribution in [0.25, 0.3) is 0 Å². The van der Waals surface area contributed by atoms with Crippen LogP contribution in [0.1, 0.15) is 12.1 Å². The highest BCUT2D eigenvalue weighted by Gasteiger charge is 2.19. The van der Waals surface area contributed by atoms with Gasteiger partial charge in [-0.05, 0) is 13.3 Å². The van der Waals surface area contributed by atoms with E-state index in [4.69, 9.17) is 4.98 Å². The molecule has 0 bridgehead atoms. The standard InChI is InChI=1S/C12H19N5/c1-10-9-11(16-5-2-6-16)15-12(14-10)17-7-3-13-4-8-17/h9,13H,2-8H2,1H3. The first kappa shape index (κ1) is 10.8. The topological polar surface area (TPSA) is 44.3 Å². The zero-order valence-corrected chi connectivity index (χ0v) is 10.3. The highest BCUT2D eigenvalue weighted by atomic mass is 15.3. The summed E-state index contributed by atoms with van der Waals surface area (Å²) >= 11 is 0. The number of piperazine rings is 1. The first-order chi connectivity index (χ1) is 8.33. The fourth-order valence-electron chi connectivity index (χ4n) is 2.25. The summed E-state index contributed by atoms with van der Waals surface area (Å²) in [6, 6.07) is 2.09. The molecule has 92 valence electrons. The van der Waals surface area contributed by atoms with Crippen molar-refractivity contribution in [2.24, 2.45) is 0 Å². The lowest BCUT2D eigenvalue weighted by Gasteiger charge is -2.33. The molecule has 3 rings (SSSR count). The molecule has 17 heavy (non-hydrogen) atoms. The molecule has 5 nitrogen and oxygen atoms in total. The summed E-state index contributed by atoms with van der Waals surface area (Å²) in [6.45, 7) is 8.38. The van der Waals surface area contributed by atoms with Crippen molar-refractivity contribution in [1.29, 1.82) is 0 Å². The highest BCUT2D eigenvalue weighted by molar-refractivity contribution is 5.47. The van der Waals surface area contributed by atoms with Crippen molar-refractivity contribution >= 4 is 11.8 Å². The van der Waals surface area contributed by atoms with Crippen molar-refractivity contribution in [3.8, 4) is 0 Å². The lowest BCUT2D eigenvalue weighted by Crippen LogP contribution is -2.44. The van der Waals surface area contributed by atoms with E-state index in [0.717, 1.165) is 56.7 Å². The van der Waals surface area contributed by atoms with E-state index in [1.54, 1.807) is 0 Å². The maximum atomic E-state index is 4.69. The van der Waals surface area contributed by atoms with Gasteiger partial charge in [-0.25, -0.2) is 4.98 Å². The fraction of sp³-hybridized carbons (Fsp3) is 0.667. The van der Waals surface area contributed by atoms with E-state index < -0.39 is 0 Å². The van der Waals surface area contributed by atoms with Gasteiger partial charge < -0.3 is 15.1 Å². The van der Waals surface area contributed by atoms with Crippen molar-refractivity contribution in [2.75, 3.05) is 49.1 Å². The van der Waals surface area contributed by atoms with Crippen LogP contribution in [-0.2, 0) is 0 Å². The molecule has 1 aromatic rings. The summed E-state index contributed by atoms with van der Waals surface area (Å²) in [5.41, 5.74) is 1.07. The van der Waals surface area contributed by atoms with Crippen LogP contribution in [-0.4, -0.2) is 49.2 Å². The normalized spacial score (nSPS) is 20.3. The molecule has 0 amide bonds. The van der Waals surface area contributed by atoms with Crippen molar-refractivity contribution in [3.63, 3.8) is 0 Å². The smallest absolute Gasteiger partial charge is 0.227 e. The third-order valence-electron chi connectivity index (χ3n) is 3.41. The van der Waals surface area contributed by atoms with Crippen molar-refractivity contribution in [1.82, 2.24) is 15.3 Å². The maximum Gasteiger partial charge on any atom is 0.227 e. The molecule has 3 heterocycles. The molecule has 2 aliphatic heterocycles. The van der Waals surface area contributed by atoms with Crippen molar-refractivity contribution in [3.05, 3.63) is 11.8 Å². The van der Waals surface area contributed by atoms with Crippen LogP contribution in [0.3, 0.4) is 0 Å². The third kappa shape index (κ3) is 2.20. The molecule has 0 saturated carbocycles. The Morgan fingerprint density at radius 3 is 2.47 bits per heavy atom. The Labute approximate surface area is 102 Å². The second-order valence-electron chi connectivity index (χ2n) is 4.75. The van der Waals surface area contributed by atoms with Gasteiger partial charge >= 0.3 is 0 Å². The summed E-state index contributed by atoms with van der Waals surface area (Å²) < 4.78 is 0. The molecule has 0 unspecified atom stereocenters. The van der Waals surface area contributed by atoms with Crippen LogP contribution in [0, 0.1) is 6.92 Å². The Bertz CT molecular complexity index is 396. The van der Waals surface area contributed by atoms with Gasteiger partial charge in [0.05, 0.1) is 0 Å². The quantitative estimate of drug-likeness (QED) is 0.801. The number of aromatic nitrogens is 2. The number of anilines is 2. The Balaban J connectivity index is 1.84. The molecule has 0 spiro atoms. The van der Waals surface area contributed by atoms with E-state index in [1.807, 2.05) is 0 Å². The first-order valence-electron chi connectivity index (χ1n) is 6.39. The minimum atomic E-state index is 0.897. The van der Waals surface area contributed by atoms with Crippen LogP contribution >= 0.6 is 0 Å². The lowest BCUT2D eigenvalue weighted by molar-refractivity contribution is 0.574. The van der Waals surface area contributed by atoms with Gasteiger partial charge in [-0.1, -0.05) is 0 Å². The lowest BCUT2D eigenvalue weighted by atomic mass is 10.2. The largest absolute Gasteiger partial charge is 0.356 e. The Hall–Kier alpha value is -1.36. The molecule has 1 aromatic heterocycles. The molecule has 0 radical (unpaired) electrons. The van der Waals surface area contributed by atoms with Gasteiger partial charge in [0.25, 0.3) is 0 Å². The van der Waals surface area contributed by atoms with Crippen LogP contribution < -0.4 is 15.1 Å². The molecule has 2 aliphatic rings. The predicted molar refractivity (Wildman–Crippen MR) is 68.7 cm³/mol. The minimum Gasteiger partial charge on any atom is -0.356 e. The number of nitrogens with one attached hydrogen (secondary N) is 1. The van der Waals surface area contributed by atoms with Gasteiger partial charge in [0.2, 0.25) is 5.95 Å². The van der Waals surface area contributed by atoms with Crippen molar-refractivity contribution in [2.45, 2.75) is 13.3 Å². The number of hydrogen-bond acceptors (Lipinski definition) is 5. The second-order valence-corrected chi connectivity index (χ2v) is 4.75. The average Bonchev–Trinajstić information content (AvgIpc) is 2.27. The van der Waals surface area contributed by atoms with Gasteiger partial charge in [-0.3, -0.25) is 0 Å². The Morgan fingerprint density at radius 1 is 1.06 bits per heavy atom. The molecule has 2 saturated heterocycles.